The van der Waals surface area contributed by atoms with Crippen LogP contribution in [0.5, 0.6) is 0 Å². The van der Waals surface area contributed by atoms with Crippen molar-refractivity contribution in [3.05, 3.63) is 68.7 Å². The van der Waals surface area contributed by atoms with Gasteiger partial charge in [-0.25, -0.2) is 8.78 Å². The molecule has 2 aromatic carbocycles. The van der Waals surface area contributed by atoms with E-state index in [9.17, 15) is 8.78 Å². The second-order valence-corrected chi connectivity index (χ2v) is 5.43. The van der Waals surface area contributed by atoms with E-state index in [1.807, 2.05) is 0 Å². The zero-order chi connectivity index (χ0) is 13.3. The molecule has 0 aliphatic heterocycles. The molecule has 0 bridgehead atoms. The molecule has 0 N–H and O–H groups in total. The molecule has 0 aliphatic carbocycles. The number of hydrogen-bond acceptors (Lipinski definition) is 0. The number of alkyl halides is 1. The molecule has 0 radical (unpaired) electrons. The SMILES string of the molecule is Fc1ccc(C(Cl)c2cc(Cl)ccc2Br)cc1F. The molecule has 18 heavy (non-hydrogen) atoms. The molecule has 2 rings (SSSR count). The van der Waals surface area contributed by atoms with Crippen LogP contribution in [0.2, 0.25) is 5.02 Å². The lowest BCUT2D eigenvalue weighted by Gasteiger charge is -2.13. The van der Waals surface area contributed by atoms with Crippen LogP contribution in [0.4, 0.5) is 8.78 Å². The predicted molar refractivity (Wildman–Crippen MR) is 73.2 cm³/mol. The van der Waals surface area contributed by atoms with Gasteiger partial charge in [0.25, 0.3) is 0 Å². The lowest BCUT2D eigenvalue weighted by molar-refractivity contribution is 0.507. The minimum absolute atomic E-state index is 0.471. The van der Waals surface area contributed by atoms with E-state index >= 15 is 0 Å². The molecule has 94 valence electrons. The minimum Gasteiger partial charge on any atom is -0.204 e. The van der Waals surface area contributed by atoms with Gasteiger partial charge >= 0.3 is 0 Å². The third kappa shape index (κ3) is 2.85. The molecular formula is C13H7BrCl2F2. The Morgan fingerprint density at radius 3 is 2.39 bits per heavy atom. The third-order valence-corrected chi connectivity index (χ3v) is 3.91. The summed E-state index contributed by atoms with van der Waals surface area (Å²) in [5.41, 5.74) is 1.17. The average Bonchev–Trinajstić information content (AvgIpc) is 2.35. The number of halogens is 5. The quantitative estimate of drug-likeness (QED) is 0.608. The molecule has 1 unspecified atom stereocenters. The number of hydrogen-bond donors (Lipinski definition) is 0. The van der Waals surface area contributed by atoms with Crippen LogP contribution in [0, 0.1) is 11.6 Å². The minimum atomic E-state index is -0.920. The summed E-state index contributed by atoms with van der Waals surface area (Å²) < 4.78 is 26.8. The molecule has 0 saturated carbocycles. The van der Waals surface area contributed by atoms with Crippen molar-refractivity contribution in [1.82, 2.24) is 0 Å². The summed E-state index contributed by atoms with van der Waals surface area (Å²) in [5.74, 6) is -1.82. The maximum absolute atomic E-state index is 13.2. The standard InChI is InChI=1S/C13H7BrCl2F2/c14-10-3-2-8(15)6-9(10)13(16)7-1-4-11(17)12(18)5-7/h1-6,13H. The second kappa shape index (κ2) is 5.55. The first-order valence-electron chi connectivity index (χ1n) is 5.03. The maximum atomic E-state index is 13.2. The molecule has 0 aliphatic rings. The summed E-state index contributed by atoms with van der Waals surface area (Å²) in [6, 6.07) is 8.74. The fraction of sp³-hybridized carbons (Fsp3) is 0.0769. The van der Waals surface area contributed by atoms with E-state index in [0.717, 1.165) is 16.6 Å². The van der Waals surface area contributed by atoms with Crippen molar-refractivity contribution in [3.63, 3.8) is 0 Å². The van der Waals surface area contributed by atoms with E-state index in [2.05, 4.69) is 15.9 Å². The molecule has 0 amide bonds. The van der Waals surface area contributed by atoms with E-state index < -0.39 is 17.0 Å². The molecule has 0 nitrogen and oxygen atoms in total. The van der Waals surface area contributed by atoms with Gasteiger partial charge in [-0.1, -0.05) is 33.6 Å². The lowest BCUT2D eigenvalue weighted by Crippen LogP contribution is -1.97. The van der Waals surface area contributed by atoms with Crippen molar-refractivity contribution >= 4 is 39.1 Å². The van der Waals surface area contributed by atoms with Crippen LogP contribution in [0.1, 0.15) is 16.5 Å². The Kier molecular flexibility index (Phi) is 4.25. The van der Waals surface area contributed by atoms with E-state index in [-0.39, 0.29) is 0 Å². The van der Waals surface area contributed by atoms with Crippen molar-refractivity contribution in [1.29, 1.82) is 0 Å². The van der Waals surface area contributed by atoms with Gasteiger partial charge in [-0.15, -0.1) is 11.6 Å². The van der Waals surface area contributed by atoms with Crippen molar-refractivity contribution in [2.75, 3.05) is 0 Å². The highest BCUT2D eigenvalue weighted by Crippen LogP contribution is 2.35. The molecule has 5 heteroatoms. The normalized spacial score (nSPS) is 12.5. The van der Waals surface area contributed by atoms with E-state index in [0.29, 0.717) is 16.1 Å². The molecule has 0 aromatic heterocycles. The van der Waals surface area contributed by atoms with Gasteiger partial charge in [-0.2, -0.15) is 0 Å². The van der Waals surface area contributed by atoms with Crippen LogP contribution >= 0.6 is 39.1 Å². The zero-order valence-electron chi connectivity index (χ0n) is 8.93. The third-order valence-electron chi connectivity index (χ3n) is 2.47. The summed E-state index contributed by atoms with van der Waals surface area (Å²) >= 11 is 15.5. The van der Waals surface area contributed by atoms with Crippen molar-refractivity contribution in [2.45, 2.75) is 5.38 Å². The van der Waals surface area contributed by atoms with Crippen LogP contribution in [-0.2, 0) is 0 Å². The highest BCUT2D eigenvalue weighted by atomic mass is 79.9. The monoisotopic (exact) mass is 350 g/mol. The smallest absolute Gasteiger partial charge is 0.159 e. The van der Waals surface area contributed by atoms with Gasteiger partial charge in [0, 0.05) is 9.50 Å². The van der Waals surface area contributed by atoms with Crippen LogP contribution in [0.25, 0.3) is 0 Å². The summed E-state index contributed by atoms with van der Waals surface area (Å²) in [5, 5.41) is -0.0744. The molecule has 0 heterocycles. The van der Waals surface area contributed by atoms with Crippen molar-refractivity contribution in [2.24, 2.45) is 0 Å². The van der Waals surface area contributed by atoms with Gasteiger partial charge in [0.1, 0.15) is 0 Å². The van der Waals surface area contributed by atoms with Gasteiger partial charge in [-0.05, 0) is 41.5 Å². The fourth-order valence-corrected chi connectivity index (χ4v) is 2.66. The molecule has 2 aromatic rings. The molecule has 0 spiro atoms. The van der Waals surface area contributed by atoms with Crippen molar-refractivity contribution < 1.29 is 8.78 Å². The summed E-state index contributed by atoms with van der Waals surface area (Å²) in [6.45, 7) is 0. The van der Waals surface area contributed by atoms with Crippen molar-refractivity contribution in [3.8, 4) is 0 Å². The molecular weight excluding hydrogens is 345 g/mol. The van der Waals surface area contributed by atoms with E-state index in [1.54, 1.807) is 18.2 Å². The number of benzene rings is 2. The average molecular weight is 352 g/mol. The van der Waals surface area contributed by atoms with Gasteiger partial charge < -0.3 is 0 Å². The topological polar surface area (TPSA) is 0 Å². The highest BCUT2D eigenvalue weighted by molar-refractivity contribution is 9.10. The maximum Gasteiger partial charge on any atom is 0.159 e. The predicted octanol–water partition coefficient (Wildman–Crippen LogP) is 5.71. The van der Waals surface area contributed by atoms with Gasteiger partial charge in [0.15, 0.2) is 11.6 Å². The molecule has 1 atom stereocenters. The zero-order valence-corrected chi connectivity index (χ0v) is 12.0. The van der Waals surface area contributed by atoms with E-state index in [4.69, 9.17) is 23.2 Å². The first kappa shape index (κ1) is 13.8. The lowest BCUT2D eigenvalue weighted by atomic mass is 10.0. The highest BCUT2D eigenvalue weighted by Gasteiger charge is 2.16. The van der Waals surface area contributed by atoms with Gasteiger partial charge in [-0.3, -0.25) is 0 Å². The Morgan fingerprint density at radius 1 is 1.00 bits per heavy atom. The number of rotatable bonds is 2. The second-order valence-electron chi connectivity index (χ2n) is 3.70. The Bertz CT molecular complexity index is 587. The van der Waals surface area contributed by atoms with Crippen LogP contribution in [0.3, 0.4) is 0 Å². The van der Waals surface area contributed by atoms with Gasteiger partial charge in [0.05, 0.1) is 5.38 Å². The summed E-state index contributed by atoms with van der Waals surface area (Å²) in [7, 11) is 0. The van der Waals surface area contributed by atoms with Gasteiger partial charge in [0.2, 0.25) is 0 Å². The van der Waals surface area contributed by atoms with Crippen LogP contribution in [0.15, 0.2) is 40.9 Å². The first-order chi connectivity index (χ1) is 8.49. The Hall–Kier alpha value is -0.640. The summed E-state index contributed by atoms with van der Waals surface area (Å²) in [4.78, 5) is 0. The summed E-state index contributed by atoms with van der Waals surface area (Å²) in [6.07, 6.45) is 0. The Labute approximate surface area is 122 Å². The molecule has 0 saturated heterocycles. The Morgan fingerprint density at radius 2 is 1.72 bits per heavy atom. The Balaban J connectivity index is 2.44. The molecule has 0 fully saturated rings. The fourth-order valence-electron chi connectivity index (χ4n) is 1.56. The van der Waals surface area contributed by atoms with E-state index in [1.165, 1.54) is 6.07 Å². The van der Waals surface area contributed by atoms with Crippen LogP contribution in [-0.4, -0.2) is 0 Å². The van der Waals surface area contributed by atoms with Crippen LogP contribution < -0.4 is 0 Å². The first-order valence-corrected chi connectivity index (χ1v) is 6.63. The largest absolute Gasteiger partial charge is 0.204 e.